The molecule has 3 rings (SSSR count). The fourth-order valence-corrected chi connectivity index (χ4v) is 3.39. The Morgan fingerprint density at radius 1 is 1.12 bits per heavy atom. The number of nitrogens with zero attached hydrogens (tertiary/aromatic N) is 1. The van der Waals surface area contributed by atoms with E-state index in [1.165, 1.54) is 0 Å². The molecule has 1 fully saturated rings. The lowest BCUT2D eigenvalue weighted by molar-refractivity contribution is 0.0168. The maximum Gasteiger partial charge on any atom is 0.338 e. The van der Waals surface area contributed by atoms with Crippen molar-refractivity contribution >= 4 is 35.9 Å². The third-order valence-corrected chi connectivity index (χ3v) is 5.14. The van der Waals surface area contributed by atoms with Crippen molar-refractivity contribution in [3.8, 4) is 0 Å². The minimum Gasteiger partial charge on any atom is -0.457 e. The molecular formula is C25H34IN3O4. The summed E-state index contributed by atoms with van der Waals surface area (Å²) in [6, 6.07) is 17.1. The second-order valence-corrected chi connectivity index (χ2v) is 7.68. The molecule has 1 unspecified atom stereocenters. The van der Waals surface area contributed by atoms with E-state index < -0.39 is 0 Å². The van der Waals surface area contributed by atoms with E-state index in [2.05, 4.69) is 15.6 Å². The van der Waals surface area contributed by atoms with E-state index in [1.54, 1.807) is 13.1 Å². The van der Waals surface area contributed by atoms with Crippen molar-refractivity contribution in [1.82, 2.24) is 10.6 Å². The van der Waals surface area contributed by atoms with Gasteiger partial charge in [-0.25, -0.2) is 4.79 Å². The Morgan fingerprint density at radius 2 is 1.94 bits per heavy atom. The zero-order chi connectivity index (χ0) is 22.4. The van der Waals surface area contributed by atoms with Gasteiger partial charge in [0.05, 0.1) is 18.3 Å². The standard InChI is InChI=1S/C25H33N3O4.HI/c1-26-25(27-13-7-14-30-19-23-12-6-15-31-23)28-17-21-10-5-11-22(16-21)24(29)32-18-20-8-3-2-4-9-20;/h2-5,8-11,16,23H,6-7,12-15,17-19H2,1H3,(H2,26,27,28);1H. The van der Waals surface area contributed by atoms with Crippen LogP contribution in [0.25, 0.3) is 0 Å². The minimum atomic E-state index is -0.332. The fourth-order valence-electron chi connectivity index (χ4n) is 3.39. The van der Waals surface area contributed by atoms with Crippen LogP contribution < -0.4 is 10.6 Å². The van der Waals surface area contributed by atoms with Crippen LogP contribution >= 0.6 is 24.0 Å². The van der Waals surface area contributed by atoms with Gasteiger partial charge in [-0.15, -0.1) is 24.0 Å². The summed E-state index contributed by atoms with van der Waals surface area (Å²) < 4.78 is 16.6. The molecule has 1 heterocycles. The van der Waals surface area contributed by atoms with Crippen molar-refractivity contribution in [2.75, 3.05) is 33.4 Å². The van der Waals surface area contributed by atoms with Crippen LogP contribution in [-0.2, 0) is 27.4 Å². The SMILES string of the molecule is CN=C(NCCCOCC1CCCO1)NCc1cccc(C(=O)OCc2ccccc2)c1.I. The molecule has 33 heavy (non-hydrogen) atoms. The molecule has 0 bridgehead atoms. The second-order valence-electron chi connectivity index (χ2n) is 7.68. The number of hydrogen-bond donors (Lipinski definition) is 2. The highest BCUT2D eigenvalue weighted by atomic mass is 127. The van der Waals surface area contributed by atoms with Gasteiger partial charge in [0.1, 0.15) is 6.61 Å². The monoisotopic (exact) mass is 567 g/mol. The summed E-state index contributed by atoms with van der Waals surface area (Å²) in [6.07, 6.45) is 3.38. The molecule has 0 radical (unpaired) electrons. The molecule has 0 aliphatic carbocycles. The molecule has 0 saturated carbocycles. The Hall–Kier alpha value is -2.17. The molecular weight excluding hydrogens is 533 g/mol. The Kier molecular flexibility index (Phi) is 12.8. The molecule has 1 aliphatic rings. The van der Waals surface area contributed by atoms with E-state index in [-0.39, 0.29) is 42.7 Å². The van der Waals surface area contributed by atoms with Crippen LogP contribution in [0.15, 0.2) is 59.6 Å². The zero-order valence-corrected chi connectivity index (χ0v) is 21.5. The first-order valence-electron chi connectivity index (χ1n) is 11.2. The summed E-state index contributed by atoms with van der Waals surface area (Å²) in [5.74, 6) is 0.377. The summed E-state index contributed by atoms with van der Waals surface area (Å²) in [5, 5.41) is 6.55. The van der Waals surface area contributed by atoms with Crippen molar-refractivity contribution in [3.63, 3.8) is 0 Å². The van der Waals surface area contributed by atoms with Crippen molar-refractivity contribution in [2.24, 2.45) is 4.99 Å². The maximum atomic E-state index is 12.4. The van der Waals surface area contributed by atoms with Gasteiger partial charge in [0.25, 0.3) is 0 Å². The Labute approximate surface area is 213 Å². The summed E-state index contributed by atoms with van der Waals surface area (Å²) in [5.41, 5.74) is 2.47. The number of benzene rings is 2. The first kappa shape index (κ1) is 27.1. The Balaban J connectivity index is 0.00000385. The van der Waals surface area contributed by atoms with Gasteiger partial charge in [-0.3, -0.25) is 4.99 Å². The van der Waals surface area contributed by atoms with Crippen LogP contribution in [0.4, 0.5) is 0 Å². The highest BCUT2D eigenvalue weighted by Crippen LogP contribution is 2.12. The summed E-state index contributed by atoms with van der Waals surface area (Å²) in [6.45, 7) is 3.80. The molecule has 2 aromatic carbocycles. The smallest absolute Gasteiger partial charge is 0.338 e. The number of guanidine groups is 1. The number of carbonyl (C=O) groups excluding carboxylic acids is 1. The molecule has 1 saturated heterocycles. The molecule has 0 aromatic heterocycles. The van der Waals surface area contributed by atoms with E-state index in [9.17, 15) is 4.79 Å². The lowest BCUT2D eigenvalue weighted by atomic mass is 10.1. The van der Waals surface area contributed by atoms with E-state index in [1.807, 2.05) is 48.5 Å². The van der Waals surface area contributed by atoms with E-state index in [0.717, 1.165) is 43.5 Å². The normalized spacial score (nSPS) is 15.5. The quantitative estimate of drug-likeness (QED) is 0.141. The average Bonchev–Trinajstić information content (AvgIpc) is 3.36. The summed E-state index contributed by atoms with van der Waals surface area (Å²) in [4.78, 5) is 16.6. The van der Waals surface area contributed by atoms with Crippen LogP contribution in [0.5, 0.6) is 0 Å². The van der Waals surface area contributed by atoms with Gasteiger partial charge in [0, 0.05) is 33.4 Å². The van der Waals surface area contributed by atoms with Gasteiger partial charge >= 0.3 is 5.97 Å². The molecule has 2 aromatic rings. The first-order chi connectivity index (χ1) is 15.7. The molecule has 7 nitrogen and oxygen atoms in total. The molecule has 8 heteroatoms. The molecule has 0 amide bonds. The molecule has 0 spiro atoms. The predicted molar refractivity (Wildman–Crippen MR) is 140 cm³/mol. The molecule has 2 N–H and O–H groups in total. The van der Waals surface area contributed by atoms with Crippen LogP contribution in [0.3, 0.4) is 0 Å². The zero-order valence-electron chi connectivity index (χ0n) is 19.1. The topological polar surface area (TPSA) is 81.2 Å². The van der Waals surface area contributed by atoms with Gasteiger partial charge in [-0.1, -0.05) is 42.5 Å². The minimum absolute atomic E-state index is 0. The first-order valence-corrected chi connectivity index (χ1v) is 11.2. The van der Waals surface area contributed by atoms with Gasteiger partial charge in [0.15, 0.2) is 5.96 Å². The predicted octanol–water partition coefficient (Wildman–Crippen LogP) is 3.91. The number of nitrogens with one attached hydrogen (secondary N) is 2. The van der Waals surface area contributed by atoms with Crippen LogP contribution in [0, 0.1) is 0 Å². The van der Waals surface area contributed by atoms with Gasteiger partial charge in [-0.05, 0) is 42.5 Å². The number of halogens is 1. The number of rotatable bonds is 11. The number of hydrogen-bond acceptors (Lipinski definition) is 5. The van der Waals surface area contributed by atoms with Crippen molar-refractivity contribution in [3.05, 3.63) is 71.3 Å². The van der Waals surface area contributed by atoms with Crippen LogP contribution in [0.1, 0.15) is 40.7 Å². The number of carbonyl (C=O) groups is 1. The van der Waals surface area contributed by atoms with E-state index in [0.29, 0.717) is 31.3 Å². The molecule has 180 valence electrons. The molecule has 1 aliphatic heterocycles. The molecule has 1 atom stereocenters. The Bertz CT molecular complexity index is 858. The Morgan fingerprint density at radius 3 is 2.70 bits per heavy atom. The van der Waals surface area contributed by atoms with Crippen molar-refractivity contribution < 1.29 is 19.0 Å². The van der Waals surface area contributed by atoms with Crippen LogP contribution in [-0.4, -0.2) is 51.4 Å². The summed E-state index contributed by atoms with van der Waals surface area (Å²) in [7, 11) is 1.74. The third kappa shape index (κ3) is 10.1. The van der Waals surface area contributed by atoms with Gasteiger partial charge in [0.2, 0.25) is 0 Å². The van der Waals surface area contributed by atoms with E-state index in [4.69, 9.17) is 14.2 Å². The summed E-state index contributed by atoms with van der Waals surface area (Å²) >= 11 is 0. The number of esters is 1. The van der Waals surface area contributed by atoms with Crippen molar-refractivity contribution in [1.29, 1.82) is 0 Å². The van der Waals surface area contributed by atoms with E-state index >= 15 is 0 Å². The number of ether oxygens (including phenoxy) is 3. The maximum absolute atomic E-state index is 12.4. The lowest BCUT2D eigenvalue weighted by Crippen LogP contribution is -2.37. The van der Waals surface area contributed by atoms with Gasteiger partial charge in [-0.2, -0.15) is 0 Å². The number of aliphatic imine (C=N–C) groups is 1. The van der Waals surface area contributed by atoms with Crippen LogP contribution in [0.2, 0.25) is 0 Å². The third-order valence-electron chi connectivity index (χ3n) is 5.14. The highest BCUT2D eigenvalue weighted by Gasteiger charge is 2.15. The largest absolute Gasteiger partial charge is 0.457 e. The van der Waals surface area contributed by atoms with Gasteiger partial charge < -0.3 is 24.8 Å². The fraction of sp³-hybridized carbons (Fsp3) is 0.440. The lowest BCUT2D eigenvalue weighted by Gasteiger charge is -2.13. The highest BCUT2D eigenvalue weighted by molar-refractivity contribution is 14.0. The average molecular weight is 567 g/mol. The van der Waals surface area contributed by atoms with Crippen molar-refractivity contribution in [2.45, 2.75) is 38.5 Å². The second kappa shape index (κ2) is 15.6.